The first-order valence-electron chi connectivity index (χ1n) is 5.43. The first-order valence-corrected chi connectivity index (χ1v) is 5.43. The van der Waals surface area contributed by atoms with Crippen LogP contribution in [0.15, 0.2) is 0 Å². The molecule has 1 aliphatic carbocycles. The largest absolute Gasteiger partial charge is 0.386 e. The van der Waals surface area contributed by atoms with Crippen molar-refractivity contribution < 1.29 is 9.84 Å². The molecule has 14 heavy (non-hydrogen) atoms. The molecule has 4 N–H and O–H groups in total. The molecule has 2 atom stereocenters. The van der Waals surface area contributed by atoms with Crippen molar-refractivity contribution in [1.82, 2.24) is 5.32 Å². The standard InChI is InChI=1S/C10H20N2O2/c1-7-10(13,2-3-14-7)6-12-9-4-8(11)5-9/h7-9,12-13H,2-6,11H2,1H3. The fourth-order valence-electron chi connectivity index (χ4n) is 2.15. The Bertz CT molecular complexity index is 206. The number of nitrogens with one attached hydrogen (secondary N) is 1. The lowest BCUT2D eigenvalue weighted by atomic mass is 9.86. The van der Waals surface area contributed by atoms with Crippen molar-refractivity contribution in [2.45, 2.75) is 50.0 Å². The molecule has 0 amide bonds. The number of rotatable bonds is 3. The molecule has 2 rings (SSSR count). The van der Waals surface area contributed by atoms with Crippen LogP contribution in [-0.2, 0) is 4.74 Å². The van der Waals surface area contributed by atoms with Crippen molar-refractivity contribution in [1.29, 1.82) is 0 Å². The van der Waals surface area contributed by atoms with Gasteiger partial charge in [0.15, 0.2) is 0 Å². The molecule has 0 aromatic heterocycles. The molecular formula is C10H20N2O2. The second-order valence-corrected chi connectivity index (χ2v) is 4.68. The second kappa shape index (κ2) is 3.77. The number of hydrogen-bond acceptors (Lipinski definition) is 4. The highest BCUT2D eigenvalue weighted by molar-refractivity contribution is 4.95. The minimum atomic E-state index is -0.667. The summed E-state index contributed by atoms with van der Waals surface area (Å²) in [6.45, 7) is 3.23. The summed E-state index contributed by atoms with van der Waals surface area (Å²) in [5.41, 5.74) is 5.02. The van der Waals surface area contributed by atoms with Crippen molar-refractivity contribution in [2.75, 3.05) is 13.2 Å². The molecule has 0 aromatic carbocycles. The lowest BCUT2D eigenvalue weighted by Crippen LogP contribution is -2.54. The van der Waals surface area contributed by atoms with Crippen molar-refractivity contribution in [3.63, 3.8) is 0 Å². The third-order valence-corrected chi connectivity index (χ3v) is 3.53. The normalized spacial score (nSPS) is 47.8. The summed E-state index contributed by atoms with van der Waals surface area (Å²) in [7, 11) is 0. The maximum Gasteiger partial charge on any atom is 0.105 e. The quantitative estimate of drug-likeness (QED) is 0.580. The average Bonchev–Trinajstić information content (AvgIpc) is 2.40. The predicted molar refractivity (Wildman–Crippen MR) is 54.0 cm³/mol. The van der Waals surface area contributed by atoms with E-state index >= 15 is 0 Å². The Morgan fingerprint density at radius 1 is 1.57 bits per heavy atom. The molecule has 0 radical (unpaired) electrons. The van der Waals surface area contributed by atoms with E-state index in [4.69, 9.17) is 10.5 Å². The third-order valence-electron chi connectivity index (χ3n) is 3.53. The Morgan fingerprint density at radius 2 is 2.29 bits per heavy atom. The lowest BCUT2D eigenvalue weighted by molar-refractivity contribution is -0.0294. The van der Waals surface area contributed by atoms with Gasteiger partial charge in [0, 0.05) is 31.7 Å². The number of aliphatic hydroxyl groups is 1. The highest BCUT2D eigenvalue weighted by atomic mass is 16.5. The fourth-order valence-corrected chi connectivity index (χ4v) is 2.15. The molecule has 1 saturated heterocycles. The van der Waals surface area contributed by atoms with E-state index in [0.29, 0.717) is 25.2 Å². The number of ether oxygens (including phenoxy) is 1. The summed E-state index contributed by atoms with van der Waals surface area (Å²) >= 11 is 0. The van der Waals surface area contributed by atoms with Gasteiger partial charge >= 0.3 is 0 Å². The van der Waals surface area contributed by atoms with Crippen LogP contribution < -0.4 is 11.1 Å². The summed E-state index contributed by atoms with van der Waals surface area (Å²) in [5, 5.41) is 13.5. The first-order chi connectivity index (χ1) is 6.60. The highest BCUT2D eigenvalue weighted by Gasteiger charge is 2.40. The molecule has 4 nitrogen and oxygen atoms in total. The summed E-state index contributed by atoms with van der Waals surface area (Å²) in [6, 6.07) is 0.862. The minimum absolute atomic E-state index is 0.0521. The van der Waals surface area contributed by atoms with Crippen LogP contribution in [0.4, 0.5) is 0 Å². The van der Waals surface area contributed by atoms with Gasteiger partial charge in [-0.2, -0.15) is 0 Å². The van der Waals surface area contributed by atoms with Gasteiger partial charge < -0.3 is 20.9 Å². The molecule has 1 heterocycles. The first kappa shape index (κ1) is 10.4. The van der Waals surface area contributed by atoms with E-state index < -0.39 is 5.60 Å². The molecule has 0 spiro atoms. The zero-order valence-electron chi connectivity index (χ0n) is 8.70. The van der Waals surface area contributed by atoms with Crippen LogP contribution in [0.2, 0.25) is 0 Å². The van der Waals surface area contributed by atoms with Gasteiger partial charge in [0.05, 0.1) is 6.10 Å². The molecule has 2 unspecified atom stereocenters. The van der Waals surface area contributed by atoms with Crippen LogP contribution in [0, 0.1) is 0 Å². The summed E-state index contributed by atoms with van der Waals surface area (Å²) in [5.74, 6) is 0. The Labute approximate surface area is 84.8 Å². The highest BCUT2D eigenvalue weighted by Crippen LogP contribution is 2.26. The van der Waals surface area contributed by atoms with Crippen LogP contribution >= 0.6 is 0 Å². The Kier molecular flexibility index (Phi) is 2.79. The molecule has 2 aliphatic rings. The molecule has 2 fully saturated rings. The molecule has 1 aliphatic heterocycles. The molecule has 4 heteroatoms. The Morgan fingerprint density at radius 3 is 2.79 bits per heavy atom. The molecule has 1 saturated carbocycles. The molecule has 82 valence electrons. The van der Waals surface area contributed by atoms with Crippen molar-refractivity contribution in [3.8, 4) is 0 Å². The SMILES string of the molecule is CC1OCCC1(O)CNC1CC(N)C1. The number of hydrogen-bond donors (Lipinski definition) is 3. The third kappa shape index (κ3) is 1.93. The van der Waals surface area contributed by atoms with E-state index in [1.54, 1.807) is 0 Å². The number of nitrogens with two attached hydrogens (primary N) is 1. The maximum atomic E-state index is 10.2. The summed E-state index contributed by atoms with van der Waals surface area (Å²) in [6.07, 6.45) is 2.75. The van der Waals surface area contributed by atoms with Crippen LogP contribution in [0.3, 0.4) is 0 Å². The van der Waals surface area contributed by atoms with E-state index in [9.17, 15) is 5.11 Å². The average molecular weight is 200 g/mol. The van der Waals surface area contributed by atoms with E-state index in [-0.39, 0.29) is 6.10 Å². The van der Waals surface area contributed by atoms with E-state index in [1.165, 1.54) is 0 Å². The van der Waals surface area contributed by atoms with Gasteiger partial charge in [0.25, 0.3) is 0 Å². The molecular weight excluding hydrogens is 180 g/mol. The van der Waals surface area contributed by atoms with Crippen LogP contribution in [0.25, 0.3) is 0 Å². The van der Waals surface area contributed by atoms with Crippen LogP contribution in [-0.4, -0.2) is 42.0 Å². The van der Waals surface area contributed by atoms with Gasteiger partial charge in [0.1, 0.15) is 5.60 Å². The van der Waals surface area contributed by atoms with Gasteiger partial charge in [-0.1, -0.05) is 0 Å². The van der Waals surface area contributed by atoms with E-state index in [0.717, 1.165) is 19.3 Å². The van der Waals surface area contributed by atoms with Crippen molar-refractivity contribution in [2.24, 2.45) is 5.73 Å². The Balaban J connectivity index is 1.74. The summed E-state index contributed by atoms with van der Waals surface area (Å²) < 4.78 is 5.36. The predicted octanol–water partition coefficient (Wildman–Crippen LogP) is -0.394. The second-order valence-electron chi connectivity index (χ2n) is 4.68. The Hall–Kier alpha value is -0.160. The zero-order chi connectivity index (χ0) is 10.2. The van der Waals surface area contributed by atoms with Crippen LogP contribution in [0.5, 0.6) is 0 Å². The molecule has 0 bridgehead atoms. The smallest absolute Gasteiger partial charge is 0.105 e. The monoisotopic (exact) mass is 200 g/mol. The van der Waals surface area contributed by atoms with Gasteiger partial charge in [-0.15, -0.1) is 0 Å². The van der Waals surface area contributed by atoms with E-state index in [1.807, 2.05) is 6.92 Å². The van der Waals surface area contributed by atoms with Gasteiger partial charge in [-0.3, -0.25) is 0 Å². The zero-order valence-corrected chi connectivity index (χ0v) is 8.70. The minimum Gasteiger partial charge on any atom is -0.386 e. The maximum absolute atomic E-state index is 10.2. The van der Waals surface area contributed by atoms with Gasteiger partial charge in [-0.25, -0.2) is 0 Å². The summed E-state index contributed by atoms with van der Waals surface area (Å²) in [4.78, 5) is 0. The lowest BCUT2D eigenvalue weighted by Gasteiger charge is -2.36. The van der Waals surface area contributed by atoms with E-state index in [2.05, 4.69) is 5.32 Å². The van der Waals surface area contributed by atoms with Gasteiger partial charge in [0.2, 0.25) is 0 Å². The topological polar surface area (TPSA) is 67.5 Å². The van der Waals surface area contributed by atoms with Crippen molar-refractivity contribution >= 4 is 0 Å². The van der Waals surface area contributed by atoms with Crippen LogP contribution in [0.1, 0.15) is 26.2 Å². The van der Waals surface area contributed by atoms with Gasteiger partial charge in [-0.05, 0) is 19.8 Å². The molecule has 0 aromatic rings. The fraction of sp³-hybridized carbons (Fsp3) is 1.00. The van der Waals surface area contributed by atoms with Crippen molar-refractivity contribution in [3.05, 3.63) is 0 Å².